The number of piperazine rings is 1. The molecule has 2 rings (SSSR count). The number of nitrogens with one attached hydrogen (secondary N) is 1. The molecule has 0 atom stereocenters. The van der Waals surface area contributed by atoms with E-state index in [0.717, 1.165) is 38.4 Å². The fourth-order valence-electron chi connectivity index (χ4n) is 2.00. The second-order valence-corrected chi connectivity index (χ2v) is 4.98. The predicted molar refractivity (Wildman–Crippen MR) is 65.8 cm³/mol. The third-order valence-electron chi connectivity index (χ3n) is 2.95. The molecule has 1 fully saturated rings. The highest BCUT2D eigenvalue weighted by molar-refractivity contribution is 5.76. The monoisotopic (exact) mass is 252 g/mol. The molecule has 0 bridgehead atoms. The summed E-state index contributed by atoms with van der Waals surface area (Å²) in [6.07, 6.45) is 0.793. The third kappa shape index (κ3) is 3.25. The Morgan fingerprint density at radius 3 is 2.78 bits per heavy atom. The van der Waals surface area contributed by atoms with Crippen molar-refractivity contribution < 1.29 is 4.79 Å². The van der Waals surface area contributed by atoms with Crippen LogP contribution in [-0.2, 0) is 17.8 Å². The summed E-state index contributed by atoms with van der Waals surface area (Å²) in [4.78, 5) is 13.9. The third-order valence-corrected chi connectivity index (χ3v) is 2.95. The molecule has 7 heteroatoms. The van der Waals surface area contributed by atoms with Crippen molar-refractivity contribution in [3.8, 4) is 0 Å². The summed E-state index contributed by atoms with van der Waals surface area (Å²) < 4.78 is 1.62. The lowest BCUT2D eigenvalue weighted by molar-refractivity contribution is -0.132. The fraction of sp³-hybridized carbons (Fsp3) is 0.818. The van der Waals surface area contributed by atoms with Crippen LogP contribution in [0.3, 0.4) is 0 Å². The minimum absolute atomic E-state index is 0.0915. The van der Waals surface area contributed by atoms with Gasteiger partial charge in [0.15, 0.2) is 5.82 Å². The molecule has 1 amide bonds. The van der Waals surface area contributed by atoms with Crippen molar-refractivity contribution in [3.05, 3.63) is 5.82 Å². The topological polar surface area (TPSA) is 75.9 Å². The first kappa shape index (κ1) is 12.9. The van der Waals surface area contributed by atoms with E-state index in [1.54, 1.807) is 4.68 Å². The van der Waals surface area contributed by atoms with Crippen molar-refractivity contribution in [2.45, 2.75) is 26.8 Å². The van der Waals surface area contributed by atoms with Crippen molar-refractivity contribution >= 4 is 5.91 Å². The molecule has 1 aliphatic rings. The van der Waals surface area contributed by atoms with Crippen molar-refractivity contribution in [2.24, 2.45) is 5.92 Å². The van der Waals surface area contributed by atoms with Gasteiger partial charge in [0.25, 0.3) is 0 Å². The van der Waals surface area contributed by atoms with E-state index in [0.29, 0.717) is 5.92 Å². The van der Waals surface area contributed by atoms with E-state index < -0.39 is 0 Å². The Morgan fingerprint density at radius 1 is 1.39 bits per heavy atom. The summed E-state index contributed by atoms with van der Waals surface area (Å²) in [5, 5.41) is 14.7. The van der Waals surface area contributed by atoms with E-state index >= 15 is 0 Å². The van der Waals surface area contributed by atoms with E-state index in [1.165, 1.54) is 0 Å². The zero-order chi connectivity index (χ0) is 13.0. The Kier molecular flexibility index (Phi) is 4.24. The van der Waals surface area contributed by atoms with Gasteiger partial charge in [0.2, 0.25) is 5.91 Å². The van der Waals surface area contributed by atoms with E-state index in [4.69, 9.17) is 0 Å². The van der Waals surface area contributed by atoms with Crippen molar-refractivity contribution in [1.29, 1.82) is 0 Å². The lowest BCUT2D eigenvalue weighted by Gasteiger charge is -2.27. The number of carbonyl (C=O) groups excluding carboxylic acids is 1. The fourth-order valence-corrected chi connectivity index (χ4v) is 2.00. The van der Waals surface area contributed by atoms with Crippen LogP contribution < -0.4 is 5.32 Å². The molecule has 1 aliphatic heterocycles. The molecule has 7 nitrogen and oxygen atoms in total. The van der Waals surface area contributed by atoms with Gasteiger partial charge in [-0.25, -0.2) is 4.68 Å². The van der Waals surface area contributed by atoms with Gasteiger partial charge in [-0.1, -0.05) is 13.8 Å². The average Bonchev–Trinajstić information content (AvgIpc) is 2.77. The molecule has 0 unspecified atom stereocenters. The van der Waals surface area contributed by atoms with Crippen LogP contribution in [0.2, 0.25) is 0 Å². The number of carbonyl (C=O) groups is 1. The summed E-state index contributed by atoms with van der Waals surface area (Å²) in [6, 6.07) is 0. The minimum Gasteiger partial charge on any atom is -0.339 e. The van der Waals surface area contributed by atoms with Crippen LogP contribution in [0.5, 0.6) is 0 Å². The maximum atomic E-state index is 12.1. The summed E-state index contributed by atoms with van der Waals surface area (Å²) in [6.45, 7) is 7.71. The largest absolute Gasteiger partial charge is 0.339 e. The molecule has 100 valence electrons. The normalized spacial score (nSPS) is 16.3. The van der Waals surface area contributed by atoms with E-state index in [-0.39, 0.29) is 12.5 Å². The maximum absolute atomic E-state index is 12.1. The maximum Gasteiger partial charge on any atom is 0.244 e. The summed E-state index contributed by atoms with van der Waals surface area (Å²) in [5.74, 6) is 1.35. The van der Waals surface area contributed by atoms with Gasteiger partial charge in [0, 0.05) is 32.6 Å². The van der Waals surface area contributed by atoms with Crippen molar-refractivity contribution in [1.82, 2.24) is 30.4 Å². The standard InChI is InChI=1S/C11H20N6O/c1-9(2)7-10-13-14-15-17(10)8-11(18)16-5-3-12-4-6-16/h9,12H,3-8H2,1-2H3. The number of aromatic nitrogens is 4. The van der Waals surface area contributed by atoms with Gasteiger partial charge in [-0.15, -0.1) is 5.10 Å². The number of nitrogens with zero attached hydrogens (tertiary/aromatic N) is 5. The SMILES string of the molecule is CC(C)Cc1nnnn1CC(=O)N1CCNCC1. The summed E-state index contributed by atoms with van der Waals surface area (Å²) in [7, 11) is 0. The van der Waals surface area contributed by atoms with Gasteiger partial charge < -0.3 is 10.2 Å². The van der Waals surface area contributed by atoms with Crippen LogP contribution in [0, 0.1) is 5.92 Å². The predicted octanol–water partition coefficient (Wildman–Crippen LogP) is -0.697. The molecule has 1 aromatic heterocycles. The zero-order valence-electron chi connectivity index (χ0n) is 11.0. The van der Waals surface area contributed by atoms with Crippen LogP contribution in [0.15, 0.2) is 0 Å². The number of amides is 1. The lowest BCUT2D eigenvalue weighted by Crippen LogP contribution is -2.47. The van der Waals surface area contributed by atoms with Crippen LogP contribution in [-0.4, -0.2) is 57.2 Å². The van der Waals surface area contributed by atoms with Gasteiger partial charge in [0.05, 0.1) is 0 Å². The Hall–Kier alpha value is -1.50. The smallest absolute Gasteiger partial charge is 0.244 e. The number of hydrogen-bond donors (Lipinski definition) is 1. The van der Waals surface area contributed by atoms with Crippen LogP contribution in [0.1, 0.15) is 19.7 Å². The van der Waals surface area contributed by atoms with Crippen LogP contribution in [0.4, 0.5) is 0 Å². The Bertz CT molecular complexity index is 396. The molecule has 0 spiro atoms. The van der Waals surface area contributed by atoms with Gasteiger partial charge in [-0.2, -0.15) is 0 Å². The van der Waals surface area contributed by atoms with E-state index in [2.05, 4.69) is 34.7 Å². The number of rotatable bonds is 4. The molecule has 1 saturated heterocycles. The van der Waals surface area contributed by atoms with Gasteiger partial charge in [-0.3, -0.25) is 4.79 Å². The highest BCUT2D eigenvalue weighted by Crippen LogP contribution is 2.04. The summed E-state index contributed by atoms with van der Waals surface area (Å²) in [5.41, 5.74) is 0. The molecule has 18 heavy (non-hydrogen) atoms. The van der Waals surface area contributed by atoms with Crippen LogP contribution >= 0.6 is 0 Å². The first-order valence-electron chi connectivity index (χ1n) is 6.40. The van der Waals surface area contributed by atoms with Crippen LogP contribution in [0.25, 0.3) is 0 Å². The molecule has 0 aliphatic carbocycles. The lowest BCUT2D eigenvalue weighted by atomic mass is 10.1. The molecule has 1 N–H and O–H groups in total. The van der Waals surface area contributed by atoms with Crippen molar-refractivity contribution in [2.75, 3.05) is 26.2 Å². The molecular formula is C11H20N6O. The number of tetrazole rings is 1. The van der Waals surface area contributed by atoms with Gasteiger partial charge in [0.1, 0.15) is 6.54 Å². The molecule has 2 heterocycles. The Morgan fingerprint density at radius 2 is 2.11 bits per heavy atom. The molecule has 1 aromatic rings. The quantitative estimate of drug-likeness (QED) is 0.767. The zero-order valence-corrected chi connectivity index (χ0v) is 11.0. The second kappa shape index (κ2) is 5.90. The molecular weight excluding hydrogens is 232 g/mol. The first-order chi connectivity index (χ1) is 8.66. The Balaban J connectivity index is 1.95. The average molecular weight is 252 g/mol. The van der Waals surface area contributed by atoms with E-state index in [9.17, 15) is 4.79 Å². The minimum atomic E-state index is 0.0915. The molecule has 0 saturated carbocycles. The highest BCUT2D eigenvalue weighted by atomic mass is 16.2. The molecule has 0 radical (unpaired) electrons. The van der Waals surface area contributed by atoms with Gasteiger partial charge in [-0.05, 0) is 16.3 Å². The second-order valence-electron chi connectivity index (χ2n) is 4.98. The summed E-state index contributed by atoms with van der Waals surface area (Å²) >= 11 is 0. The number of hydrogen-bond acceptors (Lipinski definition) is 5. The Labute approximate surface area is 107 Å². The van der Waals surface area contributed by atoms with Crippen molar-refractivity contribution in [3.63, 3.8) is 0 Å². The van der Waals surface area contributed by atoms with Gasteiger partial charge >= 0.3 is 0 Å². The highest BCUT2D eigenvalue weighted by Gasteiger charge is 2.18. The van der Waals surface area contributed by atoms with E-state index in [1.807, 2.05) is 4.90 Å². The molecule has 0 aromatic carbocycles. The first-order valence-corrected chi connectivity index (χ1v) is 6.40.